The average Bonchev–Trinajstić information content (AvgIpc) is 2.36. The smallest absolute Gasteiger partial charge is 0.310 e. The summed E-state index contributed by atoms with van der Waals surface area (Å²) in [6.07, 6.45) is 6.14. The predicted molar refractivity (Wildman–Crippen MR) is 75.7 cm³/mol. The molecule has 1 aromatic rings. The Morgan fingerprint density at radius 2 is 1.95 bits per heavy atom. The molecule has 0 saturated heterocycles. The van der Waals surface area contributed by atoms with E-state index in [0.29, 0.717) is 11.1 Å². The molecule has 0 saturated carbocycles. The van der Waals surface area contributed by atoms with Gasteiger partial charge in [-0.3, -0.25) is 4.79 Å². The minimum absolute atomic E-state index is 0.0161. The molecular weight excluding hydrogens is 256 g/mol. The highest BCUT2D eigenvalue weighted by atomic mass is 16.5. The average molecular weight is 278 g/mol. The van der Waals surface area contributed by atoms with Gasteiger partial charge < -0.3 is 14.9 Å². The number of cyclic esters (lactones) is 1. The van der Waals surface area contributed by atoms with Gasteiger partial charge in [0.25, 0.3) is 0 Å². The summed E-state index contributed by atoms with van der Waals surface area (Å²) in [6.45, 7) is 2.17. The third-order valence-electron chi connectivity index (χ3n) is 3.73. The molecule has 0 radical (unpaired) electrons. The number of unbranched alkanes of at least 4 members (excludes halogenated alkanes) is 4. The lowest BCUT2D eigenvalue weighted by Crippen LogP contribution is -2.21. The lowest BCUT2D eigenvalue weighted by Gasteiger charge is -2.26. The van der Waals surface area contributed by atoms with Gasteiger partial charge in [0.05, 0.1) is 6.42 Å². The molecule has 1 atom stereocenters. The van der Waals surface area contributed by atoms with E-state index in [1.54, 1.807) is 6.07 Å². The van der Waals surface area contributed by atoms with Crippen LogP contribution in [0.5, 0.6) is 11.5 Å². The van der Waals surface area contributed by atoms with Gasteiger partial charge in [-0.05, 0) is 24.5 Å². The number of phenolic OH excluding ortho intramolecular Hbond substituents is 2. The van der Waals surface area contributed by atoms with Gasteiger partial charge >= 0.3 is 5.97 Å². The summed E-state index contributed by atoms with van der Waals surface area (Å²) in [5, 5.41) is 19.5. The molecule has 0 aliphatic carbocycles. The molecule has 0 amide bonds. The Hall–Kier alpha value is -1.71. The van der Waals surface area contributed by atoms with E-state index in [-0.39, 0.29) is 30.0 Å². The molecule has 0 fully saturated rings. The Kier molecular flexibility index (Phi) is 4.88. The SMILES string of the molecule is CCCCCCC[C@H]1OC(=O)Cc2cc(O)cc(O)c21. The minimum Gasteiger partial charge on any atom is -0.508 e. The molecule has 2 N–H and O–H groups in total. The first-order chi connectivity index (χ1) is 9.61. The largest absolute Gasteiger partial charge is 0.508 e. The second-order valence-corrected chi connectivity index (χ2v) is 5.40. The standard InChI is InChI=1S/C16H22O4/c1-2-3-4-5-6-7-14-16-11(9-15(19)20-14)8-12(17)10-13(16)18/h8,10,14,17-18H,2-7,9H2,1H3/t14-/m1/s1. The molecule has 110 valence electrons. The van der Waals surface area contributed by atoms with Crippen molar-refractivity contribution >= 4 is 5.97 Å². The molecule has 1 aliphatic rings. The van der Waals surface area contributed by atoms with E-state index in [1.165, 1.54) is 25.3 Å². The number of phenols is 2. The van der Waals surface area contributed by atoms with Gasteiger partial charge in [0.15, 0.2) is 0 Å². The van der Waals surface area contributed by atoms with Crippen LogP contribution >= 0.6 is 0 Å². The Bertz CT molecular complexity index is 482. The summed E-state index contributed by atoms with van der Waals surface area (Å²) in [4.78, 5) is 11.6. The van der Waals surface area contributed by atoms with Crippen LogP contribution in [0.1, 0.15) is 62.7 Å². The van der Waals surface area contributed by atoms with Crippen molar-refractivity contribution in [3.63, 3.8) is 0 Å². The van der Waals surface area contributed by atoms with Crippen LogP contribution in [0.3, 0.4) is 0 Å². The summed E-state index contributed by atoms with van der Waals surface area (Å²) in [7, 11) is 0. The van der Waals surface area contributed by atoms with Gasteiger partial charge in [-0.25, -0.2) is 0 Å². The Morgan fingerprint density at radius 3 is 2.70 bits per heavy atom. The van der Waals surface area contributed by atoms with Gasteiger partial charge in [0, 0.05) is 11.6 Å². The summed E-state index contributed by atoms with van der Waals surface area (Å²) >= 11 is 0. The second kappa shape index (κ2) is 6.64. The van der Waals surface area contributed by atoms with Crippen LogP contribution in [0.2, 0.25) is 0 Å². The highest BCUT2D eigenvalue weighted by molar-refractivity contribution is 5.76. The highest BCUT2D eigenvalue weighted by Crippen LogP contribution is 2.39. The van der Waals surface area contributed by atoms with Crippen molar-refractivity contribution in [2.75, 3.05) is 0 Å². The maximum Gasteiger partial charge on any atom is 0.310 e. The van der Waals surface area contributed by atoms with Crippen LogP contribution in [0.4, 0.5) is 0 Å². The Morgan fingerprint density at radius 1 is 1.20 bits per heavy atom. The zero-order valence-corrected chi connectivity index (χ0v) is 11.9. The van der Waals surface area contributed by atoms with Crippen molar-refractivity contribution in [2.24, 2.45) is 0 Å². The predicted octanol–water partition coefficient (Wildman–Crippen LogP) is 3.60. The van der Waals surface area contributed by atoms with E-state index < -0.39 is 0 Å². The van der Waals surface area contributed by atoms with Crippen molar-refractivity contribution < 1.29 is 19.7 Å². The van der Waals surface area contributed by atoms with Crippen molar-refractivity contribution in [1.29, 1.82) is 0 Å². The van der Waals surface area contributed by atoms with Crippen molar-refractivity contribution in [3.8, 4) is 11.5 Å². The van der Waals surface area contributed by atoms with Crippen molar-refractivity contribution in [2.45, 2.75) is 58.0 Å². The minimum atomic E-state index is -0.381. The second-order valence-electron chi connectivity index (χ2n) is 5.40. The fourth-order valence-electron chi connectivity index (χ4n) is 2.75. The van der Waals surface area contributed by atoms with Crippen molar-refractivity contribution in [3.05, 3.63) is 23.3 Å². The first-order valence-electron chi connectivity index (χ1n) is 7.36. The molecule has 4 nitrogen and oxygen atoms in total. The number of esters is 1. The van der Waals surface area contributed by atoms with E-state index in [4.69, 9.17) is 4.74 Å². The van der Waals surface area contributed by atoms with E-state index in [9.17, 15) is 15.0 Å². The molecule has 20 heavy (non-hydrogen) atoms. The first kappa shape index (κ1) is 14.7. The van der Waals surface area contributed by atoms with Crippen molar-refractivity contribution in [1.82, 2.24) is 0 Å². The summed E-state index contributed by atoms with van der Waals surface area (Å²) in [5.41, 5.74) is 1.34. The molecule has 2 rings (SSSR count). The normalized spacial score (nSPS) is 17.6. The number of carbonyl (C=O) groups is 1. The number of hydrogen-bond acceptors (Lipinski definition) is 4. The first-order valence-corrected chi connectivity index (χ1v) is 7.36. The van der Waals surface area contributed by atoms with E-state index in [0.717, 1.165) is 19.3 Å². The lowest BCUT2D eigenvalue weighted by molar-refractivity contribution is -0.150. The molecule has 1 aromatic carbocycles. The molecule has 1 heterocycles. The van der Waals surface area contributed by atoms with E-state index in [1.807, 2.05) is 0 Å². The number of ether oxygens (including phenoxy) is 1. The zero-order chi connectivity index (χ0) is 14.5. The summed E-state index contributed by atoms with van der Waals surface area (Å²) < 4.78 is 5.36. The van der Waals surface area contributed by atoms with Crippen LogP contribution in [0.25, 0.3) is 0 Å². The summed E-state index contributed by atoms with van der Waals surface area (Å²) in [6, 6.07) is 2.85. The fraction of sp³-hybridized carbons (Fsp3) is 0.562. The maximum atomic E-state index is 11.6. The molecule has 0 bridgehead atoms. The Balaban J connectivity index is 2.06. The third kappa shape index (κ3) is 3.44. The van der Waals surface area contributed by atoms with E-state index >= 15 is 0 Å². The number of carbonyl (C=O) groups excluding carboxylic acids is 1. The maximum absolute atomic E-state index is 11.6. The van der Waals surface area contributed by atoms with Gasteiger partial charge in [0.1, 0.15) is 17.6 Å². The summed E-state index contributed by atoms with van der Waals surface area (Å²) in [5.74, 6) is -0.287. The van der Waals surface area contributed by atoms with Crippen LogP contribution in [-0.4, -0.2) is 16.2 Å². The molecule has 0 aromatic heterocycles. The van der Waals surface area contributed by atoms with Crippen LogP contribution in [0, 0.1) is 0 Å². The highest BCUT2D eigenvalue weighted by Gasteiger charge is 2.29. The lowest BCUT2D eigenvalue weighted by atomic mass is 9.92. The quantitative estimate of drug-likeness (QED) is 0.616. The van der Waals surface area contributed by atoms with Crippen LogP contribution in [0.15, 0.2) is 12.1 Å². The van der Waals surface area contributed by atoms with Gasteiger partial charge in [-0.2, -0.15) is 0 Å². The topological polar surface area (TPSA) is 66.8 Å². The third-order valence-corrected chi connectivity index (χ3v) is 3.73. The molecule has 4 heteroatoms. The molecular formula is C16H22O4. The molecule has 1 aliphatic heterocycles. The van der Waals surface area contributed by atoms with Crippen LogP contribution < -0.4 is 0 Å². The molecule has 0 unspecified atom stereocenters. The number of hydrogen-bond donors (Lipinski definition) is 2. The Labute approximate surface area is 119 Å². The number of fused-ring (bicyclic) bond motifs is 1. The number of benzene rings is 1. The fourth-order valence-corrected chi connectivity index (χ4v) is 2.75. The number of rotatable bonds is 6. The molecule has 0 spiro atoms. The zero-order valence-electron chi connectivity index (χ0n) is 11.9. The monoisotopic (exact) mass is 278 g/mol. The van der Waals surface area contributed by atoms with Gasteiger partial charge in [0.2, 0.25) is 0 Å². The van der Waals surface area contributed by atoms with Gasteiger partial charge in [-0.1, -0.05) is 32.6 Å². The van der Waals surface area contributed by atoms with Gasteiger partial charge in [-0.15, -0.1) is 0 Å². The van der Waals surface area contributed by atoms with E-state index in [2.05, 4.69) is 6.92 Å². The number of aromatic hydroxyl groups is 2. The van der Waals surface area contributed by atoms with Crippen LogP contribution in [-0.2, 0) is 16.0 Å².